The zero-order valence-electron chi connectivity index (χ0n) is 31.7. The minimum absolute atomic E-state index is 0.00608. The van der Waals surface area contributed by atoms with Crippen LogP contribution in [0, 0.1) is 5.92 Å². The standard InChI is InChI=1S/C46H41N3O7S/c1-29-28-55-41-22-19-30(24-37(41)43(29)51)44-47-38-25-31(18-21-39(38)48(44)33-14-8-4-9-15-33)45(52)49(57(53,54)35-16-10-5-11-17-35)34-20-23-42-36(26-34)40(50)27-46(2,56-42)32-12-6-3-7-13-32/h3,5-7,10-13,16-26,29,33H,4,8-9,14-15,27-28H2,1-2H3. The number of imidazole rings is 1. The highest BCUT2D eigenvalue weighted by Crippen LogP contribution is 2.43. The van der Waals surface area contributed by atoms with Crippen LogP contribution in [0.4, 0.5) is 5.69 Å². The van der Waals surface area contributed by atoms with Gasteiger partial charge >= 0.3 is 0 Å². The monoisotopic (exact) mass is 779 g/mol. The molecule has 0 radical (unpaired) electrons. The maximum absolute atomic E-state index is 14.8. The van der Waals surface area contributed by atoms with Crippen LogP contribution in [0.2, 0.25) is 0 Å². The summed E-state index contributed by atoms with van der Waals surface area (Å²) in [6, 6.07) is 32.5. The van der Waals surface area contributed by atoms with Crippen molar-refractivity contribution in [1.29, 1.82) is 0 Å². The van der Waals surface area contributed by atoms with Gasteiger partial charge in [0, 0.05) is 17.2 Å². The Balaban J connectivity index is 1.15. The Kier molecular flexibility index (Phi) is 9.07. The molecule has 2 aliphatic heterocycles. The van der Waals surface area contributed by atoms with Crippen molar-refractivity contribution in [3.8, 4) is 22.9 Å². The van der Waals surface area contributed by atoms with Gasteiger partial charge in [-0.25, -0.2) is 13.4 Å². The van der Waals surface area contributed by atoms with E-state index in [0.717, 1.165) is 53.1 Å². The molecule has 288 valence electrons. The molecule has 5 aromatic carbocycles. The Morgan fingerprint density at radius 1 is 0.825 bits per heavy atom. The SMILES string of the molecule is CC1COc2ccc(-c3nc4cc(C(=O)N(c5ccc6c(c5)C(=O)CC(C)(c5ccccc5)O6)S(=O)(=O)c5ccccc5)ccc4n3C3CCCCC3)cc2C1=O. The van der Waals surface area contributed by atoms with Crippen molar-refractivity contribution in [1.82, 2.24) is 9.55 Å². The van der Waals surface area contributed by atoms with Crippen LogP contribution in [0.1, 0.15) is 95.1 Å². The topological polar surface area (TPSA) is 125 Å². The number of carbonyl (C=O) groups is 3. The Labute approximate surface area is 331 Å². The van der Waals surface area contributed by atoms with Crippen molar-refractivity contribution >= 4 is 44.2 Å². The van der Waals surface area contributed by atoms with Gasteiger partial charge in [-0.2, -0.15) is 4.31 Å². The number of hydrogen-bond acceptors (Lipinski definition) is 8. The van der Waals surface area contributed by atoms with Gasteiger partial charge in [0.15, 0.2) is 11.6 Å². The summed E-state index contributed by atoms with van der Waals surface area (Å²) in [6.07, 6.45) is 5.23. The summed E-state index contributed by atoms with van der Waals surface area (Å²) in [5, 5.41) is 0. The van der Waals surface area contributed by atoms with E-state index >= 15 is 0 Å². The Bertz CT molecular complexity index is 2690. The summed E-state index contributed by atoms with van der Waals surface area (Å²) >= 11 is 0. The van der Waals surface area contributed by atoms with Crippen molar-refractivity contribution in [2.24, 2.45) is 5.92 Å². The van der Waals surface area contributed by atoms with E-state index < -0.39 is 21.5 Å². The molecule has 9 rings (SSSR count). The molecule has 10 nitrogen and oxygen atoms in total. The molecule has 11 heteroatoms. The van der Waals surface area contributed by atoms with E-state index in [1.807, 2.05) is 68.4 Å². The zero-order chi connectivity index (χ0) is 39.5. The quantitative estimate of drug-likeness (QED) is 0.157. The average molecular weight is 780 g/mol. The number of Topliss-reactive ketones (excluding diaryl/α,β-unsaturated/α-hetero) is 2. The first-order chi connectivity index (χ1) is 27.5. The number of ketones is 2. The number of nitrogens with zero attached hydrogens (tertiary/aromatic N) is 3. The predicted octanol–water partition coefficient (Wildman–Crippen LogP) is 9.34. The van der Waals surface area contributed by atoms with Gasteiger partial charge < -0.3 is 14.0 Å². The fourth-order valence-corrected chi connectivity index (χ4v) is 9.88. The summed E-state index contributed by atoms with van der Waals surface area (Å²) in [5.41, 5.74) is 2.81. The van der Waals surface area contributed by atoms with E-state index in [1.165, 1.54) is 24.3 Å². The summed E-state index contributed by atoms with van der Waals surface area (Å²) in [7, 11) is -4.48. The van der Waals surface area contributed by atoms with Gasteiger partial charge in [0.1, 0.15) is 22.9 Å². The van der Waals surface area contributed by atoms with Crippen LogP contribution < -0.4 is 13.8 Å². The molecule has 57 heavy (non-hydrogen) atoms. The number of hydrogen-bond donors (Lipinski definition) is 0. The van der Waals surface area contributed by atoms with E-state index in [2.05, 4.69) is 4.57 Å². The third-order valence-electron chi connectivity index (χ3n) is 11.5. The molecular weight excluding hydrogens is 739 g/mol. The minimum Gasteiger partial charge on any atom is -0.492 e. The molecule has 2 atom stereocenters. The molecule has 0 bridgehead atoms. The van der Waals surface area contributed by atoms with Crippen molar-refractivity contribution in [3.63, 3.8) is 0 Å². The molecule has 1 aliphatic carbocycles. The van der Waals surface area contributed by atoms with Gasteiger partial charge in [0.25, 0.3) is 15.9 Å². The second-order valence-electron chi connectivity index (χ2n) is 15.5. The number of fused-ring (bicyclic) bond motifs is 3. The molecule has 0 spiro atoms. The number of amides is 1. The largest absolute Gasteiger partial charge is 0.492 e. The number of aromatic nitrogens is 2. The Morgan fingerprint density at radius 3 is 2.30 bits per heavy atom. The number of carbonyl (C=O) groups excluding carboxylic acids is 3. The fraction of sp³-hybridized carbons (Fsp3) is 0.261. The maximum Gasteiger partial charge on any atom is 0.272 e. The van der Waals surface area contributed by atoms with Gasteiger partial charge in [-0.1, -0.05) is 74.7 Å². The van der Waals surface area contributed by atoms with E-state index in [4.69, 9.17) is 14.5 Å². The summed E-state index contributed by atoms with van der Waals surface area (Å²) in [5.74, 6) is 0.239. The Morgan fingerprint density at radius 2 is 1.54 bits per heavy atom. The van der Waals surface area contributed by atoms with Crippen molar-refractivity contribution in [3.05, 3.63) is 138 Å². The highest BCUT2D eigenvalue weighted by atomic mass is 32.2. The van der Waals surface area contributed by atoms with Crippen LogP contribution in [-0.2, 0) is 15.6 Å². The number of benzene rings is 5. The van der Waals surface area contributed by atoms with E-state index in [1.54, 1.807) is 36.4 Å². The van der Waals surface area contributed by atoms with Gasteiger partial charge in [0.05, 0.1) is 51.7 Å². The highest BCUT2D eigenvalue weighted by Gasteiger charge is 2.40. The minimum atomic E-state index is -4.48. The number of ether oxygens (including phenoxy) is 2. The molecule has 6 aromatic rings. The van der Waals surface area contributed by atoms with Crippen molar-refractivity contribution in [2.75, 3.05) is 10.9 Å². The second kappa shape index (κ2) is 14.1. The van der Waals surface area contributed by atoms with Gasteiger partial charge in [-0.15, -0.1) is 0 Å². The lowest BCUT2D eigenvalue weighted by atomic mass is 9.85. The summed E-state index contributed by atoms with van der Waals surface area (Å²) in [6.45, 7) is 4.04. The Hall–Kier alpha value is -6.07. The lowest BCUT2D eigenvalue weighted by molar-refractivity contribution is 0.0503. The lowest BCUT2D eigenvalue weighted by Gasteiger charge is -2.36. The first kappa shape index (κ1) is 36.6. The third-order valence-corrected chi connectivity index (χ3v) is 13.2. The molecule has 1 amide bonds. The van der Waals surface area contributed by atoms with Crippen LogP contribution in [0.25, 0.3) is 22.4 Å². The molecule has 3 heterocycles. The lowest BCUT2D eigenvalue weighted by Crippen LogP contribution is -2.38. The summed E-state index contributed by atoms with van der Waals surface area (Å²) in [4.78, 5) is 46.8. The van der Waals surface area contributed by atoms with Crippen molar-refractivity contribution in [2.45, 2.75) is 68.9 Å². The first-order valence-electron chi connectivity index (χ1n) is 19.4. The second-order valence-corrected chi connectivity index (χ2v) is 17.2. The number of sulfonamides is 1. The smallest absolute Gasteiger partial charge is 0.272 e. The normalized spacial score (nSPS) is 19.6. The number of rotatable bonds is 7. The third kappa shape index (κ3) is 6.39. The van der Waals surface area contributed by atoms with Crippen LogP contribution in [0.3, 0.4) is 0 Å². The molecule has 0 N–H and O–H groups in total. The average Bonchev–Trinajstić information content (AvgIpc) is 3.62. The number of anilines is 1. The molecule has 1 saturated carbocycles. The van der Waals surface area contributed by atoms with Crippen LogP contribution >= 0.6 is 0 Å². The molecule has 0 saturated heterocycles. The molecule has 1 fully saturated rings. The molecule has 2 unspecified atom stereocenters. The summed E-state index contributed by atoms with van der Waals surface area (Å²) < 4.78 is 44.2. The van der Waals surface area contributed by atoms with E-state index in [0.29, 0.717) is 35.0 Å². The van der Waals surface area contributed by atoms with Gasteiger partial charge in [-0.05, 0) is 92.1 Å². The van der Waals surface area contributed by atoms with Crippen LogP contribution in [0.5, 0.6) is 11.5 Å². The fourth-order valence-electron chi connectivity index (χ4n) is 8.45. The van der Waals surface area contributed by atoms with Gasteiger partial charge in [0.2, 0.25) is 0 Å². The zero-order valence-corrected chi connectivity index (χ0v) is 32.5. The highest BCUT2D eigenvalue weighted by molar-refractivity contribution is 7.93. The van der Waals surface area contributed by atoms with Crippen LogP contribution in [0.15, 0.2) is 120 Å². The molecular formula is C46H41N3O7S. The maximum atomic E-state index is 14.8. The molecule has 1 aromatic heterocycles. The predicted molar refractivity (Wildman–Crippen MR) is 217 cm³/mol. The molecule has 3 aliphatic rings. The first-order valence-corrected chi connectivity index (χ1v) is 20.9. The van der Waals surface area contributed by atoms with E-state index in [-0.39, 0.29) is 51.7 Å². The van der Waals surface area contributed by atoms with Crippen LogP contribution in [-0.4, -0.2) is 42.0 Å². The van der Waals surface area contributed by atoms with Gasteiger partial charge in [-0.3, -0.25) is 14.4 Å². The van der Waals surface area contributed by atoms with E-state index in [9.17, 15) is 22.8 Å². The van der Waals surface area contributed by atoms with Crippen molar-refractivity contribution < 1.29 is 32.3 Å².